The largest absolute Gasteiger partial charge is 0.507 e. The smallest absolute Gasteiger partial charge is 0.231 e. The molecule has 3 unspecified atom stereocenters. The fraction of sp³-hybridized carbons (Fsp3) is 0.469. The summed E-state index contributed by atoms with van der Waals surface area (Å²) in [6, 6.07) is 8.51. The average Bonchev–Trinajstić information content (AvgIpc) is 3.34. The van der Waals surface area contributed by atoms with Gasteiger partial charge in [-0.25, -0.2) is 12.7 Å². The Kier molecular flexibility index (Phi) is 9.70. The summed E-state index contributed by atoms with van der Waals surface area (Å²) in [5.41, 5.74) is -1.44. The molecule has 1 amide bonds. The van der Waals surface area contributed by atoms with Crippen LogP contribution in [0, 0.1) is 5.92 Å². The molecule has 46 heavy (non-hydrogen) atoms. The number of allylic oxidation sites excluding steroid dienone is 1. The number of rotatable bonds is 9. The van der Waals surface area contributed by atoms with Crippen molar-refractivity contribution in [2.45, 2.75) is 55.1 Å². The molecule has 1 spiro atoms. The number of Topliss-reactive ketones (excluding diaryl/α,β-unsaturated/α-hetero) is 2. The number of sulfonamides is 1. The lowest BCUT2D eigenvalue weighted by Gasteiger charge is -2.39. The molecule has 0 bridgehead atoms. The number of carbonyl (C=O) groups is 3. The van der Waals surface area contributed by atoms with Crippen molar-refractivity contribution in [1.82, 2.24) is 9.62 Å². The fourth-order valence-electron chi connectivity index (χ4n) is 6.57. The summed E-state index contributed by atoms with van der Waals surface area (Å²) in [5.74, 6) is -3.35. The molecule has 1 fully saturated rings. The minimum absolute atomic E-state index is 0.0194. The molecule has 2 aromatic rings. The van der Waals surface area contributed by atoms with E-state index in [1.165, 1.54) is 36.4 Å². The topological polar surface area (TPSA) is 149 Å². The van der Waals surface area contributed by atoms with Crippen LogP contribution in [-0.4, -0.2) is 86.8 Å². The number of aliphatic hydroxyl groups excluding tert-OH is 1. The van der Waals surface area contributed by atoms with E-state index in [0.717, 1.165) is 11.2 Å². The zero-order chi connectivity index (χ0) is 33.6. The number of thioether (sulfide) groups is 1. The highest BCUT2D eigenvalue weighted by Crippen LogP contribution is 2.55. The molecule has 3 aliphatic rings. The van der Waals surface area contributed by atoms with Crippen LogP contribution in [0.25, 0.3) is 0 Å². The van der Waals surface area contributed by atoms with Gasteiger partial charge in [-0.2, -0.15) is 0 Å². The number of hydrogen-bond donors (Lipinski definition) is 2. The zero-order valence-corrected chi connectivity index (χ0v) is 28.6. The summed E-state index contributed by atoms with van der Waals surface area (Å²) in [5, 5.41) is 15.1. The molecule has 2 aliphatic heterocycles. The van der Waals surface area contributed by atoms with E-state index in [2.05, 4.69) is 5.32 Å². The van der Waals surface area contributed by atoms with Crippen LogP contribution >= 0.6 is 23.4 Å². The number of amides is 1. The van der Waals surface area contributed by atoms with Crippen molar-refractivity contribution in [2.24, 2.45) is 5.92 Å². The van der Waals surface area contributed by atoms with E-state index in [-0.39, 0.29) is 71.3 Å². The van der Waals surface area contributed by atoms with Gasteiger partial charge in [0.1, 0.15) is 22.1 Å². The minimum Gasteiger partial charge on any atom is -0.507 e. The summed E-state index contributed by atoms with van der Waals surface area (Å²) < 4.78 is 42.4. The van der Waals surface area contributed by atoms with Gasteiger partial charge in [0, 0.05) is 60.3 Å². The highest BCUT2D eigenvalue weighted by Gasteiger charge is 2.61. The molecule has 14 heteroatoms. The number of benzene rings is 2. The first-order chi connectivity index (χ1) is 21.8. The number of nitrogens with one attached hydrogen (secondary N) is 1. The van der Waals surface area contributed by atoms with Crippen molar-refractivity contribution >= 4 is 50.9 Å². The Bertz CT molecular complexity index is 1700. The van der Waals surface area contributed by atoms with Gasteiger partial charge in [0.15, 0.2) is 17.3 Å². The molecule has 1 aliphatic carbocycles. The monoisotopic (exact) mass is 692 g/mol. The number of hydrogen-bond acceptors (Lipinski definition) is 10. The lowest BCUT2D eigenvalue weighted by atomic mass is 9.69. The predicted molar refractivity (Wildman–Crippen MR) is 174 cm³/mol. The van der Waals surface area contributed by atoms with Crippen LogP contribution < -0.4 is 19.5 Å². The van der Waals surface area contributed by atoms with Gasteiger partial charge in [-0.05, 0) is 36.8 Å². The summed E-state index contributed by atoms with van der Waals surface area (Å²) in [7, 11) is -0.542. The summed E-state index contributed by atoms with van der Waals surface area (Å²) in [4.78, 5) is 42.6. The van der Waals surface area contributed by atoms with E-state index < -0.39 is 44.8 Å². The second kappa shape index (κ2) is 13.1. The molecule has 2 aromatic carbocycles. The third-order valence-corrected chi connectivity index (χ3v) is 11.5. The zero-order valence-electron chi connectivity index (χ0n) is 26.2. The van der Waals surface area contributed by atoms with Gasteiger partial charge in [0.25, 0.3) is 0 Å². The number of nitrogens with zero attached hydrogens (tertiary/aromatic N) is 1. The number of methoxy groups -OCH3 is 2. The lowest BCUT2D eigenvalue weighted by Crippen LogP contribution is -2.53. The summed E-state index contributed by atoms with van der Waals surface area (Å²) >= 11 is 8.11. The van der Waals surface area contributed by atoms with Gasteiger partial charge < -0.3 is 24.6 Å². The normalized spacial score (nSPS) is 22.9. The number of fused-ring (bicyclic) bond motifs is 1. The predicted octanol–water partition coefficient (Wildman–Crippen LogP) is 4.53. The first kappa shape index (κ1) is 34.1. The number of piperidine rings is 1. The lowest BCUT2D eigenvalue weighted by molar-refractivity contribution is -0.122. The highest BCUT2D eigenvalue weighted by atomic mass is 35.5. The fourth-order valence-corrected chi connectivity index (χ4v) is 8.11. The highest BCUT2D eigenvalue weighted by molar-refractivity contribution is 7.98. The SMILES string of the molecule is COc1cc(OC)c2c(c1Cl)OC1(C2=O)C(O)=C(C(CC(=O)NC2CCN(S(C)(=O)=O)CC2)c2ccc(SC)cc2)C(=O)CC1C. The maximum absolute atomic E-state index is 14.3. The summed E-state index contributed by atoms with van der Waals surface area (Å²) in [6.45, 7) is 2.21. The van der Waals surface area contributed by atoms with E-state index in [1.807, 2.05) is 18.4 Å². The van der Waals surface area contributed by atoms with Crippen LogP contribution in [0.1, 0.15) is 54.4 Å². The molecule has 3 atom stereocenters. The Morgan fingerprint density at radius 3 is 2.37 bits per heavy atom. The Labute approximate surface area is 277 Å². The second-order valence-corrected chi connectivity index (χ2v) is 15.0. The third kappa shape index (κ3) is 5.98. The summed E-state index contributed by atoms with van der Waals surface area (Å²) in [6.07, 6.45) is 3.61. The van der Waals surface area contributed by atoms with Gasteiger partial charge in [-0.15, -0.1) is 11.8 Å². The van der Waals surface area contributed by atoms with Crippen LogP contribution in [0.2, 0.25) is 5.02 Å². The number of aliphatic hydroxyl groups is 1. The molecule has 0 saturated carbocycles. The van der Waals surface area contributed by atoms with Gasteiger partial charge in [-0.1, -0.05) is 30.7 Å². The van der Waals surface area contributed by atoms with Crippen LogP contribution in [0.4, 0.5) is 0 Å². The third-order valence-electron chi connectivity index (χ3n) is 9.06. The molecule has 2 heterocycles. The van der Waals surface area contributed by atoms with E-state index in [9.17, 15) is 27.9 Å². The van der Waals surface area contributed by atoms with Crippen molar-refractivity contribution in [1.29, 1.82) is 0 Å². The molecule has 1 saturated heterocycles. The van der Waals surface area contributed by atoms with Gasteiger partial charge in [-0.3, -0.25) is 14.4 Å². The van der Waals surface area contributed by atoms with E-state index in [1.54, 1.807) is 19.1 Å². The Morgan fingerprint density at radius 1 is 1.17 bits per heavy atom. The molecular weight excluding hydrogens is 656 g/mol. The van der Waals surface area contributed by atoms with Crippen molar-refractivity contribution < 1.29 is 42.1 Å². The maximum atomic E-state index is 14.3. The standard InChI is InChI=1S/C32H37ClN2O9S2/c1-17-14-22(36)26(30(38)32(17)31(39)27-23(42-2)16-24(43-3)28(33)29(27)44-32)21(18-6-8-20(45-4)9-7-18)15-25(37)34-19-10-12-35(13-11-19)46(5,40)41/h6-9,16-17,19,21,38H,10-15H2,1-5H3,(H,34,37). The number of carbonyl (C=O) groups excluding carboxylic acids is 3. The number of halogens is 1. The van der Waals surface area contributed by atoms with E-state index in [0.29, 0.717) is 18.4 Å². The van der Waals surface area contributed by atoms with Crippen molar-refractivity contribution in [3.63, 3.8) is 0 Å². The molecular formula is C32H37ClN2O9S2. The quantitative estimate of drug-likeness (QED) is 0.359. The van der Waals surface area contributed by atoms with E-state index in [4.69, 9.17) is 25.8 Å². The van der Waals surface area contributed by atoms with Crippen molar-refractivity contribution in [2.75, 3.05) is 39.8 Å². The first-order valence-corrected chi connectivity index (χ1v) is 18.2. The van der Waals surface area contributed by atoms with Crippen LogP contribution in [0.15, 0.2) is 46.6 Å². The number of ether oxygens (including phenoxy) is 3. The maximum Gasteiger partial charge on any atom is 0.231 e. The van der Waals surface area contributed by atoms with Gasteiger partial charge in [0.05, 0.1) is 20.5 Å². The van der Waals surface area contributed by atoms with Crippen molar-refractivity contribution in [3.05, 3.63) is 57.8 Å². The Hall–Kier alpha value is -3.26. The molecule has 248 valence electrons. The Morgan fingerprint density at radius 2 is 1.80 bits per heavy atom. The molecule has 11 nitrogen and oxygen atoms in total. The molecule has 2 N–H and O–H groups in total. The molecule has 0 aromatic heterocycles. The average molecular weight is 693 g/mol. The number of ketones is 2. The van der Waals surface area contributed by atoms with Crippen LogP contribution in [-0.2, 0) is 19.6 Å². The first-order valence-electron chi connectivity index (χ1n) is 14.8. The van der Waals surface area contributed by atoms with Crippen LogP contribution in [0.3, 0.4) is 0 Å². The van der Waals surface area contributed by atoms with Crippen LogP contribution in [0.5, 0.6) is 17.2 Å². The van der Waals surface area contributed by atoms with Gasteiger partial charge in [0.2, 0.25) is 27.3 Å². The molecule has 5 rings (SSSR count). The van der Waals surface area contributed by atoms with Crippen molar-refractivity contribution in [3.8, 4) is 17.2 Å². The van der Waals surface area contributed by atoms with Gasteiger partial charge >= 0.3 is 0 Å². The Balaban J connectivity index is 1.55. The molecule has 0 radical (unpaired) electrons. The minimum atomic E-state index is -3.33. The van der Waals surface area contributed by atoms with E-state index >= 15 is 0 Å². The second-order valence-electron chi connectivity index (χ2n) is 11.8.